The van der Waals surface area contributed by atoms with Gasteiger partial charge in [-0.15, -0.1) is 10.2 Å². The number of nitrogens with one attached hydrogen (secondary N) is 1. The van der Waals surface area contributed by atoms with E-state index in [0.29, 0.717) is 58.8 Å². The van der Waals surface area contributed by atoms with E-state index in [-0.39, 0.29) is 54.7 Å². The van der Waals surface area contributed by atoms with Gasteiger partial charge in [-0.2, -0.15) is 5.26 Å². The van der Waals surface area contributed by atoms with Gasteiger partial charge in [0.1, 0.15) is 23.8 Å². The lowest BCUT2D eigenvalue weighted by Crippen LogP contribution is -2.54. The number of hydrogen-bond donors (Lipinski definition) is 4. The van der Waals surface area contributed by atoms with Crippen LogP contribution in [0.4, 0.5) is 23.0 Å². The summed E-state index contributed by atoms with van der Waals surface area (Å²) in [5.74, 6) is 0.859. The number of para-hydroxylation sites is 1. The molecule has 5 N–H and O–H groups in total. The van der Waals surface area contributed by atoms with Crippen molar-refractivity contribution in [2.45, 2.75) is 114 Å². The molecule has 0 spiro atoms. The van der Waals surface area contributed by atoms with E-state index in [9.17, 15) is 19.8 Å². The molecule has 5 saturated heterocycles. The number of amides is 2. The number of rotatable bonds is 16. The number of anilines is 4. The molecule has 2 bridgehead atoms. The number of hydrogen-bond acceptors (Lipinski definition) is 17. The summed E-state index contributed by atoms with van der Waals surface area (Å²) in [6.45, 7) is 12.2. The van der Waals surface area contributed by atoms with E-state index >= 15 is 0 Å². The Kier molecular flexibility index (Phi) is 15.2. The Morgan fingerprint density at radius 3 is 2.34 bits per heavy atom. The van der Waals surface area contributed by atoms with Crippen molar-refractivity contribution >= 4 is 34.8 Å². The largest absolute Gasteiger partial charge is 0.507 e. The smallest absolute Gasteiger partial charge is 0.243 e. The molecule has 0 aliphatic carbocycles. The van der Waals surface area contributed by atoms with Gasteiger partial charge in [-0.3, -0.25) is 9.59 Å². The number of phenols is 1. The van der Waals surface area contributed by atoms with Crippen LogP contribution in [0.5, 0.6) is 11.6 Å². The van der Waals surface area contributed by atoms with Gasteiger partial charge in [-0.05, 0) is 93.3 Å². The van der Waals surface area contributed by atoms with Gasteiger partial charge in [0.05, 0.1) is 47.9 Å². The molecule has 5 aliphatic rings. The first-order chi connectivity index (χ1) is 35.9. The topological polar surface area (TPSA) is 236 Å². The van der Waals surface area contributed by atoms with Crippen LogP contribution >= 0.6 is 0 Å². The highest BCUT2D eigenvalue weighted by Gasteiger charge is 2.44. The minimum absolute atomic E-state index is 0.0532. The third kappa shape index (κ3) is 11.1. The standard InChI is InChI=1S/C55H68N12O7/c1-34(2)52(55(71)66-33-41(68)27-47(66)54(70)59-35(3)37-10-8-36(30-56)9-11-37)49-29-50(62-74-49)64-22-17-42(18-23-64)72-25-24-63-20-15-43(16-21-63)73-51-26-38(14-19-58-51)67-39-12-13-40(67)32-65(31-39)46-28-45(60-61-53(46)57)44-6-4-5-7-48(44)69/h4-11,14,19,26,28-29,34-35,39-43,47,52,68-69H,12-13,15-18,20-25,27,31-33H2,1-3H3,(H2,57,61)(H,59,70)/t35-,39?,40?,41+,47-,52+/m0/s1. The number of nitriles is 1. The molecule has 19 nitrogen and oxygen atoms in total. The molecule has 0 saturated carbocycles. The van der Waals surface area contributed by atoms with Gasteiger partial charge in [-0.1, -0.05) is 43.3 Å². The average Bonchev–Trinajstić information content (AvgIpc) is 4.13. The highest BCUT2D eigenvalue weighted by Crippen LogP contribution is 2.40. The Balaban J connectivity index is 0.653. The molecule has 8 heterocycles. The maximum absolute atomic E-state index is 14.2. The molecule has 3 aromatic heterocycles. The molecule has 5 fully saturated rings. The third-order valence-corrected chi connectivity index (χ3v) is 15.7. The fraction of sp³-hybridized carbons (Fsp3) is 0.509. The number of piperidine rings is 2. The van der Waals surface area contributed by atoms with E-state index in [2.05, 4.69) is 63.5 Å². The Labute approximate surface area is 432 Å². The van der Waals surface area contributed by atoms with Gasteiger partial charge < -0.3 is 59.8 Å². The summed E-state index contributed by atoms with van der Waals surface area (Å²) in [7, 11) is 0. The SMILES string of the molecule is CC(C)[C@@H](C(=O)N1C[C@H](O)C[C@H]1C(=O)N[C@@H](C)c1ccc(C#N)cc1)c1cc(N2CCC(OCCN3CCC(Oc4cc(N5C6CCC5CN(c5cc(-c7ccccc7O)nnc5N)C6)ccn4)CC3)CC2)no1. The molecular weight excluding hydrogens is 941 g/mol. The maximum Gasteiger partial charge on any atom is 0.243 e. The molecule has 5 aliphatic heterocycles. The number of benzene rings is 2. The number of ether oxygens (including phenoxy) is 2. The lowest BCUT2D eigenvalue weighted by Gasteiger charge is -2.43. The third-order valence-electron chi connectivity index (χ3n) is 15.7. The predicted octanol–water partition coefficient (Wildman–Crippen LogP) is 5.65. The van der Waals surface area contributed by atoms with Crippen LogP contribution in [0.15, 0.2) is 83.5 Å². The first-order valence-corrected chi connectivity index (χ1v) is 26.3. The lowest BCUT2D eigenvalue weighted by atomic mass is 9.91. The summed E-state index contributed by atoms with van der Waals surface area (Å²) in [4.78, 5) is 43.4. The fourth-order valence-corrected chi connectivity index (χ4v) is 11.7. The van der Waals surface area contributed by atoms with Gasteiger partial charge in [0.15, 0.2) is 17.4 Å². The van der Waals surface area contributed by atoms with Crippen molar-refractivity contribution in [1.29, 1.82) is 5.26 Å². The van der Waals surface area contributed by atoms with E-state index < -0.39 is 18.1 Å². The molecule has 2 aromatic carbocycles. The quantitative estimate of drug-likeness (QED) is 0.0935. The molecular formula is C55H68N12O7. The highest BCUT2D eigenvalue weighted by atomic mass is 16.5. The van der Waals surface area contributed by atoms with Crippen molar-refractivity contribution in [3.8, 4) is 29.0 Å². The van der Waals surface area contributed by atoms with Gasteiger partial charge in [0.25, 0.3) is 0 Å². The number of aromatic nitrogens is 4. The second-order valence-corrected chi connectivity index (χ2v) is 21.0. The van der Waals surface area contributed by atoms with Crippen LogP contribution < -0.4 is 30.5 Å². The molecule has 5 aromatic rings. The number of carbonyl (C=O) groups is 2. The summed E-state index contributed by atoms with van der Waals surface area (Å²) in [5.41, 5.74) is 10.9. The summed E-state index contributed by atoms with van der Waals surface area (Å²) in [6.07, 6.45) is 7.06. The molecule has 2 amide bonds. The average molecular weight is 1010 g/mol. The van der Waals surface area contributed by atoms with Gasteiger partial charge in [0.2, 0.25) is 17.7 Å². The van der Waals surface area contributed by atoms with Crippen molar-refractivity contribution in [2.24, 2.45) is 5.92 Å². The molecule has 19 heteroatoms. The number of fused-ring (bicyclic) bond motifs is 2. The van der Waals surface area contributed by atoms with Gasteiger partial charge in [-0.25, -0.2) is 4.98 Å². The number of nitrogens with zero attached hydrogens (tertiary/aromatic N) is 10. The molecule has 10 rings (SSSR count). The van der Waals surface area contributed by atoms with Crippen LogP contribution in [0.1, 0.15) is 94.6 Å². The highest BCUT2D eigenvalue weighted by molar-refractivity contribution is 5.91. The van der Waals surface area contributed by atoms with Crippen LogP contribution in [0.3, 0.4) is 0 Å². The number of β-amino-alcohol motifs (C(OH)–C–C–N with tert-alkyl or cyclic N) is 1. The number of carbonyl (C=O) groups excluding carboxylic acids is 2. The van der Waals surface area contributed by atoms with Crippen LogP contribution in [-0.2, 0) is 14.3 Å². The number of aromatic hydroxyl groups is 1. The molecule has 6 atom stereocenters. The Bertz CT molecular complexity index is 2770. The number of pyridine rings is 1. The summed E-state index contributed by atoms with van der Waals surface area (Å²) in [5, 5.41) is 46.3. The number of nitrogens with two attached hydrogens (primary N) is 1. The second kappa shape index (κ2) is 22.2. The van der Waals surface area contributed by atoms with E-state index in [0.717, 1.165) is 101 Å². The molecule has 390 valence electrons. The number of aliphatic hydroxyl groups excluding tert-OH is 1. The second-order valence-electron chi connectivity index (χ2n) is 21.0. The minimum atomic E-state index is -0.835. The molecule has 0 radical (unpaired) electrons. The summed E-state index contributed by atoms with van der Waals surface area (Å²) < 4.78 is 18.8. The van der Waals surface area contributed by atoms with Crippen molar-refractivity contribution in [3.63, 3.8) is 0 Å². The number of phenolic OH excluding ortho intramolecular Hbond substituents is 1. The van der Waals surface area contributed by atoms with Crippen molar-refractivity contribution < 1.29 is 33.8 Å². The summed E-state index contributed by atoms with van der Waals surface area (Å²) >= 11 is 0. The number of aliphatic hydroxyl groups is 1. The van der Waals surface area contributed by atoms with Crippen LogP contribution in [0.2, 0.25) is 0 Å². The minimum Gasteiger partial charge on any atom is -0.507 e. The zero-order valence-electron chi connectivity index (χ0n) is 42.5. The van der Waals surface area contributed by atoms with Gasteiger partial charge in [0, 0.05) is 100 Å². The normalized spacial score (nSPS) is 22.5. The van der Waals surface area contributed by atoms with E-state index in [1.54, 1.807) is 36.4 Å². The van der Waals surface area contributed by atoms with Crippen LogP contribution in [0.25, 0.3) is 11.3 Å². The Morgan fingerprint density at radius 2 is 1.62 bits per heavy atom. The Morgan fingerprint density at radius 1 is 0.892 bits per heavy atom. The van der Waals surface area contributed by atoms with Crippen LogP contribution in [-0.4, -0.2) is 148 Å². The van der Waals surface area contributed by atoms with Crippen molar-refractivity contribution in [3.05, 3.63) is 95.9 Å². The maximum atomic E-state index is 14.2. The monoisotopic (exact) mass is 1010 g/mol. The lowest BCUT2D eigenvalue weighted by molar-refractivity contribution is -0.141. The zero-order valence-corrected chi connectivity index (χ0v) is 42.5. The molecule has 2 unspecified atom stereocenters. The Hall–Kier alpha value is -7.01. The van der Waals surface area contributed by atoms with E-state index in [4.69, 9.17) is 25.0 Å². The summed E-state index contributed by atoms with van der Waals surface area (Å²) in [6, 6.07) is 23.6. The number of piperazine rings is 1. The van der Waals surface area contributed by atoms with Crippen LogP contribution in [0, 0.1) is 17.2 Å². The van der Waals surface area contributed by atoms with Gasteiger partial charge >= 0.3 is 0 Å². The first-order valence-electron chi connectivity index (χ1n) is 26.3. The fourth-order valence-electron chi connectivity index (χ4n) is 11.7. The van der Waals surface area contributed by atoms with Crippen molar-refractivity contribution in [1.82, 2.24) is 35.5 Å². The predicted molar refractivity (Wildman–Crippen MR) is 278 cm³/mol. The number of likely N-dealkylation sites (tertiary alicyclic amines) is 2. The molecule has 74 heavy (non-hydrogen) atoms. The van der Waals surface area contributed by atoms with Crippen molar-refractivity contribution in [2.75, 3.05) is 79.4 Å². The number of nitrogen functional groups attached to an aromatic ring is 1. The zero-order chi connectivity index (χ0) is 51.5. The first kappa shape index (κ1) is 50.5. The van der Waals surface area contributed by atoms with E-state index in [1.165, 1.54) is 4.90 Å². The van der Waals surface area contributed by atoms with E-state index in [1.807, 2.05) is 51.2 Å².